The number of hydrogen-bond donors (Lipinski definition) is 1. The van der Waals surface area contributed by atoms with Crippen LogP contribution in [0.25, 0.3) is 0 Å². The predicted molar refractivity (Wildman–Crippen MR) is 115 cm³/mol. The van der Waals surface area contributed by atoms with Crippen molar-refractivity contribution in [3.63, 3.8) is 0 Å². The molecule has 1 amide bonds. The van der Waals surface area contributed by atoms with Crippen LogP contribution in [0.5, 0.6) is 0 Å². The molecule has 0 aliphatic heterocycles. The molecule has 5 heteroatoms. The summed E-state index contributed by atoms with van der Waals surface area (Å²) in [5, 5.41) is 3.76. The van der Waals surface area contributed by atoms with Crippen molar-refractivity contribution in [2.75, 3.05) is 0 Å². The number of carbonyl (C=O) groups excluding carboxylic acids is 1. The van der Waals surface area contributed by atoms with Gasteiger partial charge < -0.3 is 9.88 Å². The van der Waals surface area contributed by atoms with E-state index in [-0.39, 0.29) is 11.5 Å². The largest absolute Gasteiger partial charge is 0.351 e. The molecule has 1 aromatic heterocycles. The number of hydrogen-bond acceptors (Lipinski definition) is 2. The standard InChI is InChI=1S/C24H23ClN2O2/c25-21-6-3-5-20(15-21)24(12-4-13-24)23(29)26-16-18-8-10-19(11-9-18)17-27-14-2-1-7-22(27)28/h1-3,5-11,14-15H,4,12-13,16-17H2,(H,26,29). The van der Waals surface area contributed by atoms with E-state index in [0.29, 0.717) is 18.1 Å². The van der Waals surface area contributed by atoms with E-state index in [4.69, 9.17) is 11.6 Å². The van der Waals surface area contributed by atoms with Gasteiger partial charge in [-0.25, -0.2) is 0 Å². The molecule has 1 heterocycles. The molecule has 4 nitrogen and oxygen atoms in total. The van der Waals surface area contributed by atoms with Crippen molar-refractivity contribution in [1.29, 1.82) is 0 Å². The summed E-state index contributed by atoms with van der Waals surface area (Å²) in [5.74, 6) is 0.0610. The third-order valence-electron chi connectivity index (χ3n) is 5.75. The van der Waals surface area contributed by atoms with E-state index in [1.165, 1.54) is 0 Å². The quantitative estimate of drug-likeness (QED) is 0.664. The van der Waals surface area contributed by atoms with Gasteiger partial charge in [0.1, 0.15) is 0 Å². The third kappa shape index (κ3) is 4.13. The Morgan fingerprint density at radius 1 is 1.00 bits per heavy atom. The average Bonchev–Trinajstić information content (AvgIpc) is 2.68. The summed E-state index contributed by atoms with van der Waals surface area (Å²) in [4.78, 5) is 24.8. The molecule has 0 radical (unpaired) electrons. The van der Waals surface area contributed by atoms with Crippen LogP contribution in [0.15, 0.2) is 77.7 Å². The molecule has 0 atom stereocenters. The van der Waals surface area contributed by atoms with Gasteiger partial charge in [0.15, 0.2) is 0 Å². The number of halogens is 1. The minimum atomic E-state index is -0.459. The number of pyridine rings is 1. The van der Waals surface area contributed by atoms with Crippen LogP contribution in [0.4, 0.5) is 0 Å². The fraction of sp³-hybridized carbons (Fsp3) is 0.250. The first-order valence-electron chi connectivity index (χ1n) is 9.84. The van der Waals surface area contributed by atoms with Gasteiger partial charge in [0.2, 0.25) is 5.91 Å². The zero-order valence-corrected chi connectivity index (χ0v) is 16.9. The van der Waals surface area contributed by atoms with Crippen molar-refractivity contribution in [2.24, 2.45) is 0 Å². The van der Waals surface area contributed by atoms with E-state index in [1.807, 2.05) is 54.6 Å². The first-order chi connectivity index (χ1) is 14.1. The van der Waals surface area contributed by atoms with Gasteiger partial charge in [-0.05, 0) is 47.7 Å². The van der Waals surface area contributed by atoms with Gasteiger partial charge >= 0.3 is 0 Å². The highest BCUT2D eigenvalue weighted by Gasteiger charge is 2.45. The molecule has 1 saturated carbocycles. The van der Waals surface area contributed by atoms with Gasteiger partial charge in [0, 0.05) is 23.8 Å². The highest BCUT2D eigenvalue weighted by molar-refractivity contribution is 6.30. The topological polar surface area (TPSA) is 51.1 Å². The highest BCUT2D eigenvalue weighted by atomic mass is 35.5. The third-order valence-corrected chi connectivity index (χ3v) is 5.98. The maximum Gasteiger partial charge on any atom is 0.250 e. The summed E-state index contributed by atoms with van der Waals surface area (Å²) in [5.41, 5.74) is 2.60. The minimum absolute atomic E-state index is 0.0179. The first-order valence-corrected chi connectivity index (χ1v) is 10.2. The highest BCUT2D eigenvalue weighted by Crippen LogP contribution is 2.44. The molecular weight excluding hydrogens is 384 g/mol. The van der Waals surface area contributed by atoms with Crippen LogP contribution in [-0.2, 0) is 23.3 Å². The van der Waals surface area contributed by atoms with E-state index >= 15 is 0 Å². The molecule has 3 aromatic rings. The molecule has 0 bridgehead atoms. The summed E-state index contributed by atoms with van der Waals surface area (Å²) in [6.45, 7) is 1.01. The monoisotopic (exact) mass is 406 g/mol. The molecule has 1 aliphatic carbocycles. The number of rotatable bonds is 6. The van der Waals surface area contributed by atoms with E-state index < -0.39 is 5.41 Å². The minimum Gasteiger partial charge on any atom is -0.351 e. The van der Waals surface area contributed by atoms with Gasteiger partial charge in [-0.2, -0.15) is 0 Å². The Bertz CT molecular complexity index is 1070. The lowest BCUT2D eigenvalue weighted by Gasteiger charge is -2.40. The van der Waals surface area contributed by atoms with Gasteiger partial charge in [-0.15, -0.1) is 0 Å². The van der Waals surface area contributed by atoms with Crippen molar-refractivity contribution in [1.82, 2.24) is 9.88 Å². The second kappa shape index (κ2) is 8.26. The molecule has 1 aliphatic rings. The van der Waals surface area contributed by atoms with Crippen molar-refractivity contribution >= 4 is 17.5 Å². The smallest absolute Gasteiger partial charge is 0.250 e. The first kappa shape index (κ1) is 19.5. The number of carbonyl (C=O) groups is 1. The second-order valence-electron chi connectivity index (χ2n) is 7.61. The van der Waals surface area contributed by atoms with Crippen LogP contribution >= 0.6 is 11.6 Å². The summed E-state index contributed by atoms with van der Waals surface area (Å²) in [6.07, 6.45) is 4.53. The number of amides is 1. The lowest BCUT2D eigenvalue weighted by molar-refractivity contribution is -0.130. The Balaban J connectivity index is 1.40. The SMILES string of the molecule is O=C(NCc1ccc(Cn2ccccc2=O)cc1)C1(c2cccc(Cl)c2)CCC1. The number of nitrogens with one attached hydrogen (secondary N) is 1. The maximum atomic E-state index is 13.0. The summed E-state index contributed by atoms with van der Waals surface area (Å²) < 4.78 is 1.67. The molecule has 148 valence electrons. The maximum absolute atomic E-state index is 13.0. The molecule has 1 N–H and O–H groups in total. The Kier molecular flexibility index (Phi) is 5.54. The zero-order chi connectivity index (χ0) is 20.3. The second-order valence-corrected chi connectivity index (χ2v) is 8.05. The van der Waals surface area contributed by atoms with Crippen molar-refractivity contribution in [2.45, 2.75) is 37.8 Å². The van der Waals surface area contributed by atoms with Crippen LogP contribution in [0.1, 0.15) is 36.0 Å². The molecule has 0 spiro atoms. The molecule has 0 saturated heterocycles. The molecule has 29 heavy (non-hydrogen) atoms. The van der Waals surface area contributed by atoms with Crippen LogP contribution in [0.2, 0.25) is 5.02 Å². The van der Waals surface area contributed by atoms with Crippen LogP contribution in [0.3, 0.4) is 0 Å². The fourth-order valence-corrected chi connectivity index (χ4v) is 4.06. The normalized spacial score (nSPS) is 14.8. The van der Waals surface area contributed by atoms with Gasteiger partial charge in [-0.1, -0.05) is 60.5 Å². The Morgan fingerprint density at radius 3 is 2.41 bits per heavy atom. The van der Waals surface area contributed by atoms with Crippen LogP contribution in [0, 0.1) is 0 Å². The van der Waals surface area contributed by atoms with E-state index in [9.17, 15) is 9.59 Å². The van der Waals surface area contributed by atoms with Crippen LogP contribution in [-0.4, -0.2) is 10.5 Å². The number of nitrogens with zero attached hydrogens (tertiary/aromatic N) is 1. The Labute approximate surface area is 175 Å². The van der Waals surface area contributed by atoms with E-state index in [1.54, 1.807) is 22.9 Å². The van der Waals surface area contributed by atoms with Crippen molar-refractivity contribution in [3.8, 4) is 0 Å². The molecule has 4 rings (SSSR count). The van der Waals surface area contributed by atoms with Crippen LogP contribution < -0.4 is 10.9 Å². The molecule has 1 fully saturated rings. The molecular formula is C24H23ClN2O2. The predicted octanol–water partition coefficient (Wildman–Crippen LogP) is 4.29. The summed E-state index contributed by atoms with van der Waals surface area (Å²) in [7, 11) is 0. The average molecular weight is 407 g/mol. The lowest BCUT2D eigenvalue weighted by atomic mass is 9.64. The van der Waals surface area contributed by atoms with Crippen molar-refractivity contribution < 1.29 is 4.79 Å². The summed E-state index contributed by atoms with van der Waals surface area (Å²) >= 11 is 6.14. The fourth-order valence-electron chi connectivity index (χ4n) is 3.87. The van der Waals surface area contributed by atoms with Crippen molar-refractivity contribution in [3.05, 3.63) is 105 Å². The zero-order valence-electron chi connectivity index (χ0n) is 16.1. The molecule has 2 aromatic carbocycles. The van der Waals surface area contributed by atoms with Gasteiger partial charge in [0.25, 0.3) is 5.56 Å². The summed E-state index contributed by atoms with van der Waals surface area (Å²) in [6, 6.07) is 20.8. The van der Waals surface area contributed by atoms with Gasteiger partial charge in [0.05, 0.1) is 12.0 Å². The molecule has 0 unspecified atom stereocenters. The number of aromatic nitrogens is 1. The van der Waals surface area contributed by atoms with Gasteiger partial charge in [-0.3, -0.25) is 9.59 Å². The van der Waals surface area contributed by atoms with E-state index in [0.717, 1.165) is 36.0 Å². The Morgan fingerprint density at radius 2 is 1.76 bits per heavy atom. The lowest BCUT2D eigenvalue weighted by Crippen LogP contribution is -2.49. The van der Waals surface area contributed by atoms with E-state index in [2.05, 4.69) is 5.32 Å². The Hall–Kier alpha value is -2.85. The number of benzene rings is 2.